The molecule has 2 saturated heterocycles. The van der Waals surface area contributed by atoms with E-state index in [4.69, 9.17) is 9.47 Å². The summed E-state index contributed by atoms with van der Waals surface area (Å²) in [6.45, 7) is 1.14. The molecule has 200 valence electrons. The van der Waals surface area contributed by atoms with Gasteiger partial charge in [-0.3, -0.25) is 24.5 Å². The van der Waals surface area contributed by atoms with Crippen molar-refractivity contribution in [3.8, 4) is 5.75 Å². The van der Waals surface area contributed by atoms with Crippen molar-refractivity contribution in [1.82, 2.24) is 10.2 Å². The number of nitrogens with one attached hydrogen (secondary N) is 2. The van der Waals surface area contributed by atoms with E-state index in [1.54, 1.807) is 0 Å². The maximum absolute atomic E-state index is 14.6. The van der Waals surface area contributed by atoms with Crippen LogP contribution in [0.4, 0.5) is 15.8 Å². The summed E-state index contributed by atoms with van der Waals surface area (Å²) in [4.78, 5) is 25.0. The molecule has 2 atom stereocenters. The Kier molecular flexibility index (Phi) is 7.64. The summed E-state index contributed by atoms with van der Waals surface area (Å²) in [6, 6.07) is 6.18. The molecule has 2 aromatic carbocycles. The van der Waals surface area contributed by atoms with Gasteiger partial charge in [-0.1, -0.05) is 0 Å². The van der Waals surface area contributed by atoms with Crippen LogP contribution >= 0.6 is 0 Å². The van der Waals surface area contributed by atoms with Gasteiger partial charge in [-0.15, -0.1) is 0 Å². The SMILES string of the molecule is COc1ccc([N+](=O)[O-])cc1NS(=O)(=O)c1ccc(F)c(C(=O)NC[C@@]2(CO)COC[C@@H]3CCCN32)c1. The third kappa shape index (κ3) is 5.37. The highest BCUT2D eigenvalue weighted by Gasteiger charge is 2.46. The van der Waals surface area contributed by atoms with Crippen molar-refractivity contribution in [1.29, 1.82) is 0 Å². The van der Waals surface area contributed by atoms with Gasteiger partial charge in [-0.05, 0) is 43.7 Å². The summed E-state index contributed by atoms with van der Waals surface area (Å²) in [7, 11) is -3.13. The van der Waals surface area contributed by atoms with Crippen molar-refractivity contribution in [3.05, 3.63) is 57.9 Å². The normalized spacial score (nSPS) is 21.8. The molecule has 0 bridgehead atoms. The van der Waals surface area contributed by atoms with Crippen molar-refractivity contribution < 1.29 is 37.1 Å². The van der Waals surface area contributed by atoms with E-state index in [1.807, 2.05) is 0 Å². The van der Waals surface area contributed by atoms with Crippen LogP contribution in [0.25, 0.3) is 0 Å². The van der Waals surface area contributed by atoms with E-state index in [1.165, 1.54) is 13.2 Å². The molecule has 2 fully saturated rings. The number of ether oxygens (including phenoxy) is 2. The van der Waals surface area contributed by atoms with Crippen molar-refractivity contribution >= 4 is 27.3 Å². The number of non-ortho nitro benzene ring substituents is 1. The second kappa shape index (κ2) is 10.6. The largest absolute Gasteiger partial charge is 0.495 e. The zero-order valence-corrected chi connectivity index (χ0v) is 20.8. The highest BCUT2D eigenvalue weighted by atomic mass is 32.2. The number of methoxy groups -OCH3 is 1. The summed E-state index contributed by atoms with van der Waals surface area (Å²) in [5.74, 6) is -1.78. The maximum atomic E-state index is 14.6. The quantitative estimate of drug-likeness (QED) is 0.317. The Hall–Kier alpha value is -3.33. The van der Waals surface area contributed by atoms with Gasteiger partial charge in [0.25, 0.3) is 21.6 Å². The smallest absolute Gasteiger partial charge is 0.271 e. The molecule has 4 rings (SSSR count). The van der Waals surface area contributed by atoms with Crippen LogP contribution in [-0.2, 0) is 14.8 Å². The monoisotopic (exact) mass is 538 g/mol. The average Bonchev–Trinajstić information content (AvgIpc) is 3.37. The van der Waals surface area contributed by atoms with Gasteiger partial charge in [0.15, 0.2) is 0 Å². The topological polar surface area (TPSA) is 160 Å². The summed E-state index contributed by atoms with van der Waals surface area (Å²) >= 11 is 0. The van der Waals surface area contributed by atoms with Crippen molar-refractivity contribution in [2.24, 2.45) is 0 Å². The summed E-state index contributed by atoms with van der Waals surface area (Å²) in [5, 5.41) is 23.8. The molecule has 0 radical (unpaired) electrons. The molecule has 12 nitrogen and oxygen atoms in total. The fraction of sp³-hybridized carbons (Fsp3) is 0.435. The van der Waals surface area contributed by atoms with Crippen molar-refractivity contribution in [2.45, 2.75) is 29.3 Å². The number of amides is 1. The number of nitrogens with zero attached hydrogens (tertiary/aromatic N) is 2. The van der Waals surface area contributed by atoms with Crippen LogP contribution in [-0.4, -0.2) is 80.9 Å². The predicted molar refractivity (Wildman–Crippen MR) is 130 cm³/mol. The molecule has 0 unspecified atom stereocenters. The Morgan fingerprint density at radius 3 is 2.84 bits per heavy atom. The molecular weight excluding hydrogens is 511 g/mol. The minimum Gasteiger partial charge on any atom is -0.495 e. The van der Waals surface area contributed by atoms with E-state index < -0.39 is 42.7 Å². The van der Waals surface area contributed by atoms with Crippen molar-refractivity contribution in [3.63, 3.8) is 0 Å². The van der Waals surface area contributed by atoms with E-state index in [0.29, 0.717) is 6.61 Å². The van der Waals surface area contributed by atoms with Crippen LogP contribution in [0.5, 0.6) is 5.75 Å². The van der Waals surface area contributed by atoms with Gasteiger partial charge in [0.05, 0.1) is 53.5 Å². The average molecular weight is 539 g/mol. The summed E-state index contributed by atoms with van der Waals surface area (Å²) in [5.41, 5.74) is -1.96. The standard InChI is InChI=1S/C23H27FN4O8S/c1-35-21-7-4-15(28(31)32)9-20(21)26-37(33,34)17-5-6-19(24)18(10-17)22(30)25-12-23(13-29)14-36-11-16-3-2-8-27(16)23/h4-7,9-10,16,26,29H,2-3,8,11-14H2,1H3,(H,25,30)/t16-,23+/m0/s1. The highest BCUT2D eigenvalue weighted by molar-refractivity contribution is 7.92. The number of hydrogen-bond acceptors (Lipinski definition) is 9. The lowest BCUT2D eigenvalue weighted by atomic mass is 9.96. The number of halogens is 1. The molecule has 2 aromatic rings. The minimum absolute atomic E-state index is 0.0264. The van der Waals surface area contributed by atoms with Crippen LogP contribution in [0.3, 0.4) is 0 Å². The zero-order valence-electron chi connectivity index (χ0n) is 20.0. The van der Waals surface area contributed by atoms with Gasteiger partial charge in [0, 0.05) is 24.7 Å². The zero-order chi connectivity index (χ0) is 26.8. The number of hydrogen-bond donors (Lipinski definition) is 3. The van der Waals surface area contributed by atoms with Crippen molar-refractivity contribution in [2.75, 3.05) is 44.7 Å². The number of morpholine rings is 1. The van der Waals surface area contributed by atoms with Gasteiger partial charge >= 0.3 is 0 Å². The Bertz CT molecular complexity index is 1310. The van der Waals surface area contributed by atoms with Gasteiger partial charge in [0.2, 0.25) is 0 Å². The Labute approximate surface area is 212 Å². The van der Waals surface area contributed by atoms with E-state index in [9.17, 15) is 32.8 Å². The molecule has 1 amide bonds. The number of aliphatic hydroxyl groups excluding tert-OH is 1. The molecule has 3 N–H and O–H groups in total. The van der Waals surface area contributed by atoms with Crippen LogP contribution in [0, 0.1) is 15.9 Å². The number of fused-ring (bicyclic) bond motifs is 1. The molecule has 2 heterocycles. The fourth-order valence-electron chi connectivity index (χ4n) is 4.72. The number of nitro benzene ring substituents is 1. The number of carbonyl (C=O) groups excluding carboxylic acids is 1. The lowest BCUT2D eigenvalue weighted by Gasteiger charge is -2.47. The molecule has 0 spiro atoms. The van der Waals surface area contributed by atoms with Crippen LogP contribution in [0.15, 0.2) is 41.3 Å². The summed E-state index contributed by atoms with van der Waals surface area (Å²) in [6.07, 6.45) is 1.84. The Balaban J connectivity index is 1.55. The second-order valence-corrected chi connectivity index (χ2v) is 10.6. The van der Waals surface area contributed by atoms with E-state index >= 15 is 0 Å². The summed E-state index contributed by atoms with van der Waals surface area (Å²) < 4.78 is 53.5. The van der Waals surface area contributed by atoms with Gasteiger partial charge < -0.3 is 19.9 Å². The third-order valence-electron chi connectivity index (χ3n) is 6.67. The fourth-order valence-corrected chi connectivity index (χ4v) is 5.81. The lowest BCUT2D eigenvalue weighted by molar-refractivity contribution is -0.384. The number of sulfonamides is 1. The molecule has 2 aliphatic heterocycles. The minimum atomic E-state index is -4.39. The molecular formula is C23H27FN4O8S. The Morgan fingerprint density at radius 1 is 1.35 bits per heavy atom. The first-order chi connectivity index (χ1) is 17.6. The first kappa shape index (κ1) is 26.7. The number of carbonyl (C=O) groups is 1. The van der Waals surface area contributed by atoms with Crippen LogP contribution in [0.1, 0.15) is 23.2 Å². The van der Waals surface area contributed by atoms with Gasteiger partial charge in [-0.2, -0.15) is 0 Å². The first-order valence-electron chi connectivity index (χ1n) is 11.5. The predicted octanol–water partition coefficient (Wildman–Crippen LogP) is 1.50. The van der Waals surface area contributed by atoms with E-state index in [-0.39, 0.29) is 42.9 Å². The van der Waals surface area contributed by atoms with Crippen LogP contribution < -0.4 is 14.8 Å². The maximum Gasteiger partial charge on any atom is 0.271 e. The molecule has 0 aliphatic carbocycles. The molecule has 0 saturated carbocycles. The first-order valence-corrected chi connectivity index (χ1v) is 13.0. The van der Waals surface area contributed by atoms with E-state index in [0.717, 1.165) is 49.7 Å². The number of rotatable bonds is 9. The van der Waals surface area contributed by atoms with E-state index in [2.05, 4.69) is 14.9 Å². The number of anilines is 1. The second-order valence-electron chi connectivity index (χ2n) is 8.96. The molecule has 2 aliphatic rings. The number of aliphatic hydroxyl groups is 1. The molecule has 14 heteroatoms. The van der Waals surface area contributed by atoms with Gasteiger partial charge in [0.1, 0.15) is 11.6 Å². The highest BCUT2D eigenvalue weighted by Crippen LogP contribution is 2.32. The third-order valence-corrected chi connectivity index (χ3v) is 8.03. The number of nitro groups is 1. The number of benzene rings is 2. The van der Waals surface area contributed by atoms with Gasteiger partial charge in [-0.25, -0.2) is 12.8 Å². The van der Waals surface area contributed by atoms with Crippen LogP contribution in [0.2, 0.25) is 0 Å². The molecule has 37 heavy (non-hydrogen) atoms. The Morgan fingerprint density at radius 2 is 2.14 bits per heavy atom. The molecule has 0 aromatic heterocycles. The lowest BCUT2D eigenvalue weighted by Crippen LogP contribution is -2.65.